The summed E-state index contributed by atoms with van der Waals surface area (Å²) in [6.45, 7) is 2.94. The van der Waals surface area contributed by atoms with Gasteiger partial charge in [-0.15, -0.1) is 0 Å². The molecule has 0 bridgehead atoms. The van der Waals surface area contributed by atoms with E-state index < -0.39 is 17.7 Å². The highest BCUT2D eigenvalue weighted by Gasteiger charge is 2.45. The number of aliphatic hydroxyl groups excluding tert-OH is 1. The van der Waals surface area contributed by atoms with Crippen LogP contribution in [-0.4, -0.2) is 42.0 Å². The van der Waals surface area contributed by atoms with Crippen LogP contribution in [0, 0.1) is 6.92 Å². The molecule has 6 nitrogen and oxygen atoms in total. The molecule has 1 aliphatic rings. The summed E-state index contributed by atoms with van der Waals surface area (Å²) in [6, 6.07) is 21.5. The SMILES string of the molecule is COCCN1C(=O)C(=O)C(=C(O)c2ccc(OCc3ccccc3C)cc2)C1c1cccc(Br)c1. The smallest absolute Gasteiger partial charge is 0.295 e. The second-order valence-electron chi connectivity index (χ2n) is 8.28. The number of aliphatic hydroxyl groups is 1. The predicted molar refractivity (Wildman–Crippen MR) is 137 cm³/mol. The number of rotatable bonds is 8. The van der Waals surface area contributed by atoms with E-state index in [1.165, 1.54) is 12.0 Å². The number of aryl methyl sites for hydroxylation is 1. The Hall–Kier alpha value is -3.42. The van der Waals surface area contributed by atoms with Crippen molar-refractivity contribution >= 4 is 33.4 Å². The number of likely N-dealkylation sites (tertiary alicyclic amines) is 1. The number of halogens is 1. The van der Waals surface area contributed by atoms with Crippen LogP contribution >= 0.6 is 15.9 Å². The maximum atomic E-state index is 13.0. The van der Waals surface area contributed by atoms with Crippen LogP contribution < -0.4 is 4.74 Å². The molecule has 0 aromatic heterocycles. The summed E-state index contributed by atoms with van der Waals surface area (Å²) in [5.41, 5.74) is 3.43. The van der Waals surface area contributed by atoms with Crippen molar-refractivity contribution in [1.29, 1.82) is 0 Å². The summed E-state index contributed by atoms with van der Waals surface area (Å²) in [7, 11) is 1.54. The highest BCUT2D eigenvalue weighted by molar-refractivity contribution is 9.10. The first-order valence-corrected chi connectivity index (χ1v) is 12.0. The van der Waals surface area contributed by atoms with Gasteiger partial charge in [0.05, 0.1) is 18.2 Å². The van der Waals surface area contributed by atoms with E-state index >= 15 is 0 Å². The van der Waals surface area contributed by atoms with Crippen LogP contribution in [-0.2, 0) is 20.9 Å². The van der Waals surface area contributed by atoms with Crippen LogP contribution in [0.1, 0.15) is 28.3 Å². The monoisotopic (exact) mass is 535 g/mol. The molecule has 7 heteroatoms. The number of ether oxygens (including phenoxy) is 2. The largest absolute Gasteiger partial charge is 0.507 e. The lowest BCUT2D eigenvalue weighted by Gasteiger charge is -2.25. The summed E-state index contributed by atoms with van der Waals surface area (Å²) < 4.78 is 11.8. The van der Waals surface area contributed by atoms with Crippen molar-refractivity contribution in [1.82, 2.24) is 4.90 Å². The van der Waals surface area contributed by atoms with E-state index in [0.717, 1.165) is 21.2 Å². The number of carbonyl (C=O) groups is 2. The van der Waals surface area contributed by atoms with Crippen molar-refractivity contribution in [2.24, 2.45) is 0 Å². The predicted octanol–water partition coefficient (Wildman–Crippen LogP) is 5.40. The van der Waals surface area contributed by atoms with Crippen molar-refractivity contribution in [2.45, 2.75) is 19.6 Å². The molecule has 1 fully saturated rings. The number of Topliss-reactive ketones (excluding diaryl/α,β-unsaturated/α-hetero) is 1. The minimum atomic E-state index is -0.723. The Kier molecular flexibility index (Phi) is 7.68. The van der Waals surface area contributed by atoms with Gasteiger partial charge in [-0.3, -0.25) is 9.59 Å². The molecule has 3 aromatic carbocycles. The Labute approximate surface area is 212 Å². The molecule has 4 rings (SSSR count). The highest BCUT2D eigenvalue weighted by Crippen LogP contribution is 2.40. The van der Waals surface area contributed by atoms with E-state index in [2.05, 4.69) is 15.9 Å². The molecular formula is C28H26BrNO5. The Morgan fingerprint density at radius 2 is 1.77 bits per heavy atom. The molecule has 1 N–H and O–H groups in total. The van der Waals surface area contributed by atoms with Gasteiger partial charge in [-0.25, -0.2) is 0 Å². The molecular weight excluding hydrogens is 510 g/mol. The minimum Gasteiger partial charge on any atom is -0.507 e. The van der Waals surface area contributed by atoms with Crippen molar-refractivity contribution in [2.75, 3.05) is 20.3 Å². The molecule has 35 heavy (non-hydrogen) atoms. The van der Waals surface area contributed by atoms with Gasteiger partial charge in [-0.2, -0.15) is 0 Å². The van der Waals surface area contributed by atoms with Gasteiger partial charge in [0.1, 0.15) is 18.1 Å². The molecule has 0 saturated carbocycles. The average molecular weight is 536 g/mol. The Morgan fingerprint density at radius 3 is 2.46 bits per heavy atom. The van der Waals surface area contributed by atoms with Gasteiger partial charge < -0.3 is 19.5 Å². The van der Waals surface area contributed by atoms with Crippen LogP contribution in [0.3, 0.4) is 0 Å². The van der Waals surface area contributed by atoms with Gasteiger partial charge in [0.2, 0.25) is 0 Å². The van der Waals surface area contributed by atoms with Crippen molar-refractivity contribution in [3.8, 4) is 5.75 Å². The van der Waals surface area contributed by atoms with Gasteiger partial charge in [0.25, 0.3) is 11.7 Å². The lowest BCUT2D eigenvalue weighted by Crippen LogP contribution is -2.32. The molecule has 0 aliphatic carbocycles. The van der Waals surface area contributed by atoms with Crippen molar-refractivity contribution in [3.63, 3.8) is 0 Å². The van der Waals surface area contributed by atoms with E-state index in [9.17, 15) is 14.7 Å². The van der Waals surface area contributed by atoms with Crippen LogP contribution in [0.4, 0.5) is 0 Å². The van der Waals surface area contributed by atoms with Gasteiger partial charge in [-0.1, -0.05) is 52.3 Å². The number of carbonyl (C=O) groups excluding carboxylic acids is 2. The second-order valence-corrected chi connectivity index (χ2v) is 9.20. The summed E-state index contributed by atoms with van der Waals surface area (Å²) in [5.74, 6) is -0.970. The first-order chi connectivity index (χ1) is 16.9. The van der Waals surface area contributed by atoms with Crippen molar-refractivity contribution < 1.29 is 24.2 Å². The quantitative estimate of drug-likeness (QED) is 0.237. The topological polar surface area (TPSA) is 76.1 Å². The molecule has 1 aliphatic heterocycles. The number of methoxy groups -OCH3 is 1. The number of benzene rings is 3. The molecule has 1 amide bonds. The molecule has 1 saturated heterocycles. The average Bonchev–Trinajstić information content (AvgIpc) is 3.12. The third-order valence-electron chi connectivity index (χ3n) is 6.02. The molecule has 180 valence electrons. The summed E-state index contributed by atoms with van der Waals surface area (Å²) in [5, 5.41) is 11.2. The maximum absolute atomic E-state index is 13.0. The molecule has 0 radical (unpaired) electrons. The van der Waals surface area contributed by atoms with E-state index in [4.69, 9.17) is 9.47 Å². The molecule has 3 aromatic rings. The number of amides is 1. The molecule has 0 spiro atoms. The zero-order valence-electron chi connectivity index (χ0n) is 19.5. The summed E-state index contributed by atoms with van der Waals surface area (Å²) >= 11 is 3.45. The van der Waals surface area contributed by atoms with E-state index in [1.54, 1.807) is 24.3 Å². The number of hydrogen-bond acceptors (Lipinski definition) is 5. The Balaban J connectivity index is 1.65. The standard InChI is InChI=1S/C28H26BrNO5/c1-18-6-3-4-7-21(18)17-35-23-12-10-19(11-13-23)26(31)24-25(20-8-5-9-22(29)16-20)30(14-15-34-2)28(33)27(24)32/h3-13,16,25,31H,14-15,17H2,1-2H3. The van der Waals surface area contributed by atoms with Crippen LogP contribution in [0.25, 0.3) is 5.76 Å². The zero-order chi connectivity index (χ0) is 24.9. The van der Waals surface area contributed by atoms with E-state index in [-0.39, 0.29) is 24.5 Å². The first kappa shape index (κ1) is 24.7. The molecule has 1 atom stereocenters. The zero-order valence-corrected chi connectivity index (χ0v) is 21.1. The minimum absolute atomic E-state index is 0.0535. The van der Waals surface area contributed by atoms with Gasteiger partial charge in [0.15, 0.2) is 0 Å². The fraction of sp³-hybridized carbons (Fsp3) is 0.214. The number of hydrogen-bond donors (Lipinski definition) is 1. The fourth-order valence-corrected chi connectivity index (χ4v) is 4.54. The lowest BCUT2D eigenvalue weighted by molar-refractivity contribution is -0.140. The van der Waals surface area contributed by atoms with Crippen LogP contribution in [0.2, 0.25) is 0 Å². The fourth-order valence-electron chi connectivity index (χ4n) is 4.12. The Morgan fingerprint density at radius 1 is 1.03 bits per heavy atom. The lowest BCUT2D eigenvalue weighted by atomic mass is 9.95. The normalized spacial score (nSPS) is 17.1. The maximum Gasteiger partial charge on any atom is 0.295 e. The summed E-state index contributed by atoms with van der Waals surface area (Å²) in [6.07, 6.45) is 0. The van der Waals surface area contributed by atoms with Crippen LogP contribution in [0.15, 0.2) is 82.8 Å². The number of nitrogens with zero attached hydrogens (tertiary/aromatic N) is 1. The highest BCUT2D eigenvalue weighted by atomic mass is 79.9. The van der Waals surface area contributed by atoms with Crippen molar-refractivity contribution in [3.05, 3.63) is 105 Å². The van der Waals surface area contributed by atoms with Gasteiger partial charge >= 0.3 is 0 Å². The van der Waals surface area contributed by atoms with Gasteiger partial charge in [-0.05, 0) is 60.0 Å². The van der Waals surface area contributed by atoms with E-state index in [0.29, 0.717) is 17.9 Å². The third-order valence-corrected chi connectivity index (χ3v) is 6.52. The third kappa shape index (κ3) is 5.31. The summed E-state index contributed by atoms with van der Waals surface area (Å²) in [4.78, 5) is 27.3. The van der Waals surface area contributed by atoms with E-state index in [1.807, 2.05) is 55.5 Å². The second kappa shape index (κ2) is 10.9. The Bertz CT molecular complexity index is 1270. The van der Waals surface area contributed by atoms with Gasteiger partial charge in [0, 0.05) is 23.7 Å². The molecule has 1 heterocycles. The first-order valence-electron chi connectivity index (χ1n) is 11.2. The number of ketones is 1. The molecule has 1 unspecified atom stereocenters. The van der Waals surface area contributed by atoms with Crippen LogP contribution in [0.5, 0.6) is 5.75 Å².